The van der Waals surface area contributed by atoms with E-state index in [1.165, 1.54) is 12.8 Å². The van der Waals surface area contributed by atoms with Crippen LogP contribution >= 0.6 is 0 Å². The van der Waals surface area contributed by atoms with Gasteiger partial charge in [-0.2, -0.15) is 5.10 Å². The highest BCUT2D eigenvalue weighted by Gasteiger charge is 2.29. The Hall–Kier alpha value is -1.65. The summed E-state index contributed by atoms with van der Waals surface area (Å²) >= 11 is 0. The van der Waals surface area contributed by atoms with Crippen molar-refractivity contribution in [2.24, 2.45) is 0 Å². The Morgan fingerprint density at radius 1 is 1.43 bits per heavy atom. The zero-order valence-corrected chi connectivity index (χ0v) is 7.63. The summed E-state index contributed by atoms with van der Waals surface area (Å²) in [5.74, 6) is 1.94. The molecule has 2 aromatic heterocycles. The molecule has 72 valence electrons. The number of rotatable bonds is 3. The fraction of sp³-hybridized carbons (Fsp3) is 0.444. The van der Waals surface area contributed by atoms with Crippen LogP contribution in [0.15, 0.2) is 22.9 Å². The van der Waals surface area contributed by atoms with E-state index in [0.29, 0.717) is 18.4 Å². The zero-order chi connectivity index (χ0) is 9.38. The molecule has 0 spiro atoms. The molecule has 5 nitrogen and oxygen atoms in total. The molecular weight excluding hydrogens is 180 g/mol. The molecule has 0 unspecified atom stereocenters. The summed E-state index contributed by atoms with van der Waals surface area (Å²) in [5.41, 5.74) is 0. The van der Waals surface area contributed by atoms with Crippen molar-refractivity contribution in [2.75, 3.05) is 0 Å². The van der Waals surface area contributed by atoms with Crippen LogP contribution in [0.3, 0.4) is 0 Å². The minimum atomic E-state index is 0.522. The van der Waals surface area contributed by atoms with E-state index in [9.17, 15) is 0 Å². The molecule has 5 heteroatoms. The van der Waals surface area contributed by atoms with Crippen LogP contribution in [0.5, 0.6) is 0 Å². The third kappa shape index (κ3) is 1.41. The van der Waals surface area contributed by atoms with E-state index < -0.39 is 0 Å². The summed E-state index contributed by atoms with van der Waals surface area (Å²) in [7, 11) is 0. The maximum Gasteiger partial charge on any atom is 0.237 e. The molecule has 2 aromatic rings. The lowest BCUT2D eigenvalue weighted by Crippen LogP contribution is -1.99. The van der Waals surface area contributed by atoms with Gasteiger partial charge in [-0.3, -0.25) is 4.68 Å². The van der Waals surface area contributed by atoms with Gasteiger partial charge in [0.25, 0.3) is 0 Å². The Bertz CT molecular complexity index is 416. The van der Waals surface area contributed by atoms with Gasteiger partial charge in [0.1, 0.15) is 6.54 Å². The molecule has 0 N–H and O–H groups in total. The summed E-state index contributed by atoms with van der Waals surface area (Å²) in [6.07, 6.45) is 5.98. The van der Waals surface area contributed by atoms with Gasteiger partial charge in [0.05, 0.1) is 0 Å². The van der Waals surface area contributed by atoms with Gasteiger partial charge in [0, 0.05) is 18.3 Å². The lowest BCUT2D eigenvalue weighted by atomic mass is 10.4. The van der Waals surface area contributed by atoms with Crippen LogP contribution in [0.4, 0.5) is 0 Å². The summed E-state index contributed by atoms with van der Waals surface area (Å²) in [4.78, 5) is 0. The van der Waals surface area contributed by atoms with Crippen LogP contribution in [0, 0.1) is 0 Å². The number of aromatic nitrogens is 4. The predicted molar refractivity (Wildman–Crippen MR) is 47.6 cm³/mol. The standard InChI is InChI=1S/C9H10N4O/c1-4-10-13(5-1)6-8-11-12-9(14-8)7-2-3-7/h1,4-5,7H,2-3,6H2. The van der Waals surface area contributed by atoms with Gasteiger partial charge in [-0.05, 0) is 18.9 Å². The van der Waals surface area contributed by atoms with E-state index in [0.717, 1.165) is 5.89 Å². The first kappa shape index (κ1) is 7.73. The first-order valence-electron chi connectivity index (χ1n) is 4.71. The van der Waals surface area contributed by atoms with Crippen LogP contribution in [-0.4, -0.2) is 20.0 Å². The van der Waals surface area contributed by atoms with Crippen molar-refractivity contribution in [3.8, 4) is 0 Å². The first-order chi connectivity index (χ1) is 6.92. The second kappa shape index (κ2) is 2.94. The molecule has 2 heterocycles. The van der Waals surface area contributed by atoms with E-state index in [1.54, 1.807) is 10.9 Å². The highest BCUT2D eigenvalue weighted by Crippen LogP contribution is 2.38. The molecule has 0 atom stereocenters. The minimum absolute atomic E-state index is 0.522. The summed E-state index contributed by atoms with van der Waals surface area (Å²) in [5, 5.41) is 12.0. The topological polar surface area (TPSA) is 56.7 Å². The Morgan fingerprint density at radius 3 is 3.07 bits per heavy atom. The molecule has 0 aromatic carbocycles. The molecule has 1 fully saturated rings. The zero-order valence-electron chi connectivity index (χ0n) is 7.63. The molecule has 1 aliphatic carbocycles. The fourth-order valence-corrected chi connectivity index (χ4v) is 1.36. The molecule has 1 aliphatic rings. The van der Waals surface area contributed by atoms with Crippen LogP contribution in [-0.2, 0) is 6.54 Å². The van der Waals surface area contributed by atoms with Gasteiger partial charge >= 0.3 is 0 Å². The summed E-state index contributed by atoms with van der Waals surface area (Å²) in [6, 6.07) is 1.87. The molecular formula is C9H10N4O. The molecule has 3 rings (SSSR count). The maximum atomic E-state index is 5.50. The fourth-order valence-electron chi connectivity index (χ4n) is 1.36. The van der Waals surface area contributed by atoms with Crippen LogP contribution in [0.2, 0.25) is 0 Å². The van der Waals surface area contributed by atoms with Crippen LogP contribution in [0.1, 0.15) is 30.5 Å². The van der Waals surface area contributed by atoms with Crippen molar-refractivity contribution < 1.29 is 4.42 Å². The highest BCUT2D eigenvalue weighted by molar-refractivity contribution is 5.00. The predicted octanol–water partition coefficient (Wildman–Crippen LogP) is 1.19. The van der Waals surface area contributed by atoms with Crippen molar-refractivity contribution in [2.45, 2.75) is 25.3 Å². The summed E-state index contributed by atoms with van der Waals surface area (Å²) in [6.45, 7) is 0.562. The lowest BCUT2D eigenvalue weighted by molar-refractivity contribution is 0.431. The van der Waals surface area contributed by atoms with Gasteiger partial charge in [-0.25, -0.2) is 0 Å². The molecule has 0 aliphatic heterocycles. The van der Waals surface area contributed by atoms with Crippen molar-refractivity contribution >= 4 is 0 Å². The van der Waals surface area contributed by atoms with E-state index in [-0.39, 0.29) is 0 Å². The second-order valence-electron chi connectivity index (χ2n) is 3.51. The lowest BCUT2D eigenvalue weighted by Gasteiger charge is -1.93. The Labute approximate surface area is 80.8 Å². The largest absolute Gasteiger partial charge is 0.423 e. The van der Waals surface area contributed by atoms with Crippen molar-refractivity contribution in [3.63, 3.8) is 0 Å². The van der Waals surface area contributed by atoms with Crippen molar-refractivity contribution in [1.82, 2.24) is 20.0 Å². The Balaban J connectivity index is 1.76. The van der Waals surface area contributed by atoms with Gasteiger partial charge in [0.2, 0.25) is 11.8 Å². The average Bonchev–Trinajstić information content (AvgIpc) is 2.75. The normalized spacial score (nSPS) is 16.0. The van der Waals surface area contributed by atoms with Crippen LogP contribution < -0.4 is 0 Å². The number of nitrogens with zero attached hydrogens (tertiary/aromatic N) is 4. The molecule has 0 saturated heterocycles. The molecule has 0 radical (unpaired) electrons. The van der Waals surface area contributed by atoms with Gasteiger partial charge in [-0.15, -0.1) is 10.2 Å². The third-order valence-corrected chi connectivity index (χ3v) is 2.27. The van der Waals surface area contributed by atoms with Crippen molar-refractivity contribution in [3.05, 3.63) is 30.2 Å². The Kier molecular flexibility index (Phi) is 1.62. The van der Waals surface area contributed by atoms with E-state index in [2.05, 4.69) is 15.3 Å². The second-order valence-corrected chi connectivity index (χ2v) is 3.51. The van der Waals surface area contributed by atoms with E-state index >= 15 is 0 Å². The van der Waals surface area contributed by atoms with Crippen molar-refractivity contribution in [1.29, 1.82) is 0 Å². The quantitative estimate of drug-likeness (QED) is 0.729. The molecule has 0 amide bonds. The van der Waals surface area contributed by atoms with E-state index in [4.69, 9.17) is 4.42 Å². The molecule has 14 heavy (non-hydrogen) atoms. The Morgan fingerprint density at radius 2 is 2.36 bits per heavy atom. The molecule has 1 saturated carbocycles. The van der Waals surface area contributed by atoms with Gasteiger partial charge < -0.3 is 4.42 Å². The number of hydrogen-bond acceptors (Lipinski definition) is 4. The van der Waals surface area contributed by atoms with Crippen LogP contribution in [0.25, 0.3) is 0 Å². The summed E-state index contributed by atoms with van der Waals surface area (Å²) < 4.78 is 7.27. The number of hydrogen-bond donors (Lipinski definition) is 0. The third-order valence-electron chi connectivity index (χ3n) is 2.27. The maximum absolute atomic E-state index is 5.50. The monoisotopic (exact) mass is 190 g/mol. The smallest absolute Gasteiger partial charge is 0.237 e. The SMILES string of the molecule is c1cnn(Cc2nnc(C3CC3)o2)c1. The van der Waals surface area contributed by atoms with Gasteiger partial charge in [-0.1, -0.05) is 0 Å². The minimum Gasteiger partial charge on any atom is -0.423 e. The van der Waals surface area contributed by atoms with E-state index in [1.807, 2.05) is 12.3 Å². The average molecular weight is 190 g/mol. The highest BCUT2D eigenvalue weighted by atomic mass is 16.4. The van der Waals surface area contributed by atoms with Gasteiger partial charge in [0.15, 0.2) is 0 Å². The first-order valence-corrected chi connectivity index (χ1v) is 4.71. The molecule has 0 bridgehead atoms.